The minimum atomic E-state index is -0.774. The Labute approximate surface area is 506 Å². The fourth-order valence-corrected chi connectivity index (χ4v) is 11.4. The van der Waals surface area contributed by atoms with Gasteiger partial charge in [-0.25, -0.2) is 0 Å². The van der Waals surface area contributed by atoms with Gasteiger partial charge < -0.3 is 14.2 Å². The molecule has 0 radical (unpaired) electrons. The second-order valence-corrected chi connectivity index (χ2v) is 25.2. The normalized spacial score (nSPS) is 12.1. The van der Waals surface area contributed by atoms with E-state index in [9.17, 15) is 14.4 Å². The van der Waals surface area contributed by atoms with Gasteiger partial charge in [-0.05, 0) is 44.9 Å². The fraction of sp³-hybridized carbons (Fsp3) is 0.907. The quantitative estimate of drug-likeness (QED) is 0.0261. The maximum atomic E-state index is 13.0. The Morgan fingerprint density at radius 3 is 0.716 bits per heavy atom. The highest BCUT2D eigenvalue weighted by molar-refractivity contribution is 5.71. The zero-order valence-corrected chi connectivity index (χ0v) is 55.1. The van der Waals surface area contributed by atoms with Crippen LogP contribution >= 0.6 is 0 Å². The predicted octanol–water partition coefficient (Wildman–Crippen LogP) is 25.3. The number of rotatable bonds is 69. The molecule has 0 spiro atoms. The van der Waals surface area contributed by atoms with Crippen molar-refractivity contribution in [1.29, 1.82) is 0 Å². The van der Waals surface area contributed by atoms with E-state index in [1.165, 1.54) is 302 Å². The minimum absolute atomic E-state index is 0.0692. The predicted molar refractivity (Wildman–Crippen MR) is 353 cm³/mol. The van der Waals surface area contributed by atoms with Gasteiger partial charge in [-0.1, -0.05) is 379 Å². The molecule has 6 heteroatoms. The Kier molecular flexibility index (Phi) is 68.5. The molecule has 0 saturated heterocycles. The average Bonchev–Trinajstić information content (AvgIpc) is 3.47. The summed E-state index contributed by atoms with van der Waals surface area (Å²) in [6.07, 6.45) is 86.6. The summed E-state index contributed by atoms with van der Waals surface area (Å²) in [5.74, 6) is -0.850. The van der Waals surface area contributed by atoms with E-state index in [0.29, 0.717) is 19.3 Å². The highest BCUT2D eigenvalue weighted by atomic mass is 16.6. The average molecular weight is 1140 g/mol. The van der Waals surface area contributed by atoms with Crippen molar-refractivity contribution in [3.05, 3.63) is 24.3 Å². The number of carbonyl (C=O) groups is 3. The van der Waals surface area contributed by atoms with Crippen LogP contribution in [0.15, 0.2) is 24.3 Å². The van der Waals surface area contributed by atoms with Crippen molar-refractivity contribution < 1.29 is 28.6 Å². The number of unbranched alkanes of at least 4 members (excludes halogenated alkanes) is 54. The lowest BCUT2D eigenvalue weighted by molar-refractivity contribution is -0.167. The maximum Gasteiger partial charge on any atom is 0.306 e. The minimum Gasteiger partial charge on any atom is -0.462 e. The Morgan fingerprint density at radius 2 is 0.457 bits per heavy atom. The van der Waals surface area contributed by atoms with Crippen LogP contribution in [0.1, 0.15) is 419 Å². The molecule has 0 saturated carbocycles. The van der Waals surface area contributed by atoms with Gasteiger partial charge in [0, 0.05) is 19.3 Å². The molecule has 81 heavy (non-hydrogen) atoms. The zero-order chi connectivity index (χ0) is 58.5. The molecule has 6 nitrogen and oxygen atoms in total. The zero-order valence-electron chi connectivity index (χ0n) is 55.1. The lowest BCUT2D eigenvalue weighted by Gasteiger charge is -2.18. The molecule has 0 aliphatic carbocycles. The van der Waals surface area contributed by atoms with Gasteiger partial charge in [0.1, 0.15) is 13.2 Å². The van der Waals surface area contributed by atoms with Crippen LogP contribution in [-0.4, -0.2) is 37.2 Å². The number of allylic oxidation sites excluding steroid dienone is 4. The second kappa shape index (κ2) is 70.4. The number of hydrogen-bond donors (Lipinski definition) is 0. The van der Waals surface area contributed by atoms with Gasteiger partial charge in [-0.15, -0.1) is 0 Å². The van der Waals surface area contributed by atoms with Crippen LogP contribution in [0.3, 0.4) is 0 Å². The Bertz CT molecular complexity index is 1310. The smallest absolute Gasteiger partial charge is 0.306 e. The van der Waals surface area contributed by atoms with Gasteiger partial charge in [0.15, 0.2) is 6.10 Å². The van der Waals surface area contributed by atoms with Gasteiger partial charge in [0.25, 0.3) is 0 Å². The standard InChI is InChI=1S/C75H142O6/c1-4-7-10-13-16-19-22-25-28-30-32-34-35-36-37-38-39-40-41-42-44-45-47-50-53-56-59-62-65-68-74(77)80-71-72(70-79-73(76)67-64-61-58-55-52-49-27-24-21-18-15-12-9-6-3)81-75(78)69-66-63-60-57-54-51-48-46-43-33-31-29-26-23-20-17-14-11-8-5-2/h15,18,24,27,72H,4-14,16-17,19-23,25-26,28-71H2,1-3H3/b18-15-,27-24-. The van der Waals surface area contributed by atoms with Crippen molar-refractivity contribution in [3.63, 3.8) is 0 Å². The number of hydrogen-bond acceptors (Lipinski definition) is 6. The Balaban J connectivity index is 4.17. The van der Waals surface area contributed by atoms with Crippen LogP contribution in [0, 0.1) is 0 Å². The largest absolute Gasteiger partial charge is 0.462 e. The third kappa shape index (κ3) is 68.6. The van der Waals surface area contributed by atoms with Gasteiger partial charge in [-0.2, -0.15) is 0 Å². The molecule has 0 rings (SSSR count). The highest BCUT2D eigenvalue weighted by Crippen LogP contribution is 2.19. The van der Waals surface area contributed by atoms with Crippen LogP contribution < -0.4 is 0 Å². The summed E-state index contributed by atoms with van der Waals surface area (Å²) in [6.45, 7) is 6.68. The van der Waals surface area contributed by atoms with Crippen LogP contribution in [-0.2, 0) is 28.6 Å². The van der Waals surface area contributed by atoms with E-state index in [1.54, 1.807) is 0 Å². The summed E-state index contributed by atoms with van der Waals surface area (Å²) in [5, 5.41) is 0. The monoisotopic (exact) mass is 1140 g/mol. The first-order chi connectivity index (χ1) is 40.0. The SMILES string of the molecule is CCCC/C=C\C/C=C\CCCCCCCC(=O)OCC(COC(=O)CCCCCCCCCCCCCCCCCCCCCCCCCCCCCCC)OC(=O)CCCCCCCCCCCCCCCCCCCCCC. The number of carbonyl (C=O) groups excluding carboxylic acids is 3. The van der Waals surface area contributed by atoms with E-state index in [2.05, 4.69) is 45.1 Å². The summed E-state index contributed by atoms with van der Waals surface area (Å²) >= 11 is 0. The Morgan fingerprint density at radius 1 is 0.247 bits per heavy atom. The van der Waals surface area contributed by atoms with Crippen LogP contribution in [0.5, 0.6) is 0 Å². The molecule has 0 heterocycles. The first-order valence-corrected chi connectivity index (χ1v) is 36.8. The molecule has 0 aromatic heterocycles. The molecule has 0 aromatic rings. The summed E-state index contributed by atoms with van der Waals surface area (Å²) in [7, 11) is 0. The first kappa shape index (κ1) is 78.9. The van der Waals surface area contributed by atoms with Gasteiger partial charge in [0.2, 0.25) is 0 Å². The lowest BCUT2D eigenvalue weighted by atomic mass is 10.0. The number of ether oxygens (including phenoxy) is 3. The van der Waals surface area contributed by atoms with E-state index in [-0.39, 0.29) is 31.1 Å². The van der Waals surface area contributed by atoms with Crippen molar-refractivity contribution in [2.75, 3.05) is 13.2 Å². The molecule has 0 aliphatic rings. The van der Waals surface area contributed by atoms with Gasteiger partial charge >= 0.3 is 17.9 Å². The topological polar surface area (TPSA) is 78.9 Å². The van der Waals surface area contributed by atoms with Crippen LogP contribution in [0.4, 0.5) is 0 Å². The van der Waals surface area contributed by atoms with Gasteiger partial charge in [0.05, 0.1) is 0 Å². The molecular weight excluding hydrogens is 997 g/mol. The van der Waals surface area contributed by atoms with E-state index in [1.807, 2.05) is 0 Å². The summed E-state index contributed by atoms with van der Waals surface area (Å²) in [5.41, 5.74) is 0. The van der Waals surface area contributed by atoms with Crippen LogP contribution in [0.2, 0.25) is 0 Å². The molecule has 0 aliphatic heterocycles. The summed E-state index contributed by atoms with van der Waals surface area (Å²) < 4.78 is 17.0. The second-order valence-electron chi connectivity index (χ2n) is 25.2. The summed E-state index contributed by atoms with van der Waals surface area (Å²) in [4.78, 5) is 38.4. The molecule has 0 fully saturated rings. The molecular formula is C75H142O6. The molecule has 0 bridgehead atoms. The van der Waals surface area contributed by atoms with Crippen molar-refractivity contribution in [1.82, 2.24) is 0 Å². The van der Waals surface area contributed by atoms with E-state index >= 15 is 0 Å². The molecule has 478 valence electrons. The molecule has 1 atom stereocenters. The lowest BCUT2D eigenvalue weighted by Crippen LogP contribution is -2.30. The molecule has 0 N–H and O–H groups in total. The molecule has 0 amide bonds. The van der Waals surface area contributed by atoms with E-state index in [0.717, 1.165) is 77.0 Å². The van der Waals surface area contributed by atoms with Crippen molar-refractivity contribution in [3.8, 4) is 0 Å². The third-order valence-electron chi connectivity index (χ3n) is 17.0. The fourth-order valence-electron chi connectivity index (χ4n) is 11.4. The maximum absolute atomic E-state index is 13.0. The van der Waals surface area contributed by atoms with Crippen molar-refractivity contribution >= 4 is 17.9 Å². The first-order valence-electron chi connectivity index (χ1n) is 36.8. The third-order valence-corrected chi connectivity index (χ3v) is 17.0. The molecule has 0 aromatic carbocycles. The van der Waals surface area contributed by atoms with Crippen LogP contribution in [0.25, 0.3) is 0 Å². The van der Waals surface area contributed by atoms with Gasteiger partial charge in [-0.3, -0.25) is 14.4 Å². The number of esters is 3. The van der Waals surface area contributed by atoms with E-state index < -0.39 is 6.10 Å². The highest BCUT2D eigenvalue weighted by Gasteiger charge is 2.20. The Hall–Kier alpha value is -2.11. The summed E-state index contributed by atoms with van der Waals surface area (Å²) in [6, 6.07) is 0. The van der Waals surface area contributed by atoms with Crippen molar-refractivity contribution in [2.24, 2.45) is 0 Å². The van der Waals surface area contributed by atoms with Crippen molar-refractivity contribution in [2.45, 2.75) is 425 Å². The van der Waals surface area contributed by atoms with E-state index in [4.69, 9.17) is 14.2 Å². The molecule has 1 unspecified atom stereocenters.